The highest BCUT2D eigenvalue weighted by Gasteiger charge is 2.08. The van der Waals surface area contributed by atoms with Crippen LogP contribution in [-0.2, 0) is 4.79 Å². The third-order valence-corrected chi connectivity index (χ3v) is 4.17. The number of amidine groups is 1. The normalized spacial score (nSPS) is 14.1. The summed E-state index contributed by atoms with van der Waals surface area (Å²) in [6, 6.07) is 11.5. The molecule has 6 heteroatoms. The van der Waals surface area contributed by atoms with Crippen molar-refractivity contribution in [3.63, 3.8) is 0 Å². The summed E-state index contributed by atoms with van der Waals surface area (Å²) in [5.74, 6) is -1.23. The smallest absolute Gasteiger partial charge is 0.328 e. The Bertz CT molecular complexity index is 993. The maximum atomic E-state index is 13.8. The molecule has 0 aromatic heterocycles. The summed E-state index contributed by atoms with van der Waals surface area (Å²) in [4.78, 5) is 27.5. The Morgan fingerprint density at radius 3 is 2.71 bits per heavy atom. The molecule has 142 valence electrons. The highest BCUT2D eigenvalue weighted by Crippen LogP contribution is 2.15. The molecule has 0 aliphatic carbocycles. The number of hydrogen-bond acceptors (Lipinski definition) is 4. The summed E-state index contributed by atoms with van der Waals surface area (Å²) in [6.07, 6.45) is 6.06. The average Bonchev–Trinajstić information content (AvgIpc) is 2.72. The lowest BCUT2D eigenvalue weighted by Gasteiger charge is -2.14. The molecule has 1 aliphatic rings. The van der Waals surface area contributed by atoms with Crippen molar-refractivity contribution in [2.45, 2.75) is 6.42 Å². The van der Waals surface area contributed by atoms with Gasteiger partial charge in [-0.05, 0) is 48.4 Å². The molecule has 0 saturated carbocycles. The molecule has 0 bridgehead atoms. The van der Waals surface area contributed by atoms with Gasteiger partial charge in [0.2, 0.25) is 0 Å². The Hall–Kier alpha value is -3.54. The minimum absolute atomic E-state index is 0.0463. The van der Waals surface area contributed by atoms with E-state index in [1.807, 2.05) is 24.3 Å². The number of benzene rings is 2. The molecule has 1 aliphatic heterocycles. The number of aliphatic carboxylic acids is 1. The number of allylic oxidation sites excluding steroid dienone is 1. The molecule has 3 rings (SSSR count). The molecular formula is C22H19FN2O3. The first-order valence-electron chi connectivity index (χ1n) is 8.84. The second-order valence-corrected chi connectivity index (χ2v) is 6.24. The van der Waals surface area contributed by atoms with Crippen molar-refractivity contribution in [3.05, 3.63) is 82.7 Å². The lowest BCUT2D eigenvalue weighted by Crippen LogP contribution is -2.30. The molecule has 0 radical (unpaired) electrons. The van der Waals surface area contributed by atoms with E-state index in [1.165, 1.54) is 18.2 Å². The first-order valence-corrected chi connectivity index (χ1v) is 8.84. The third-order valence-electron chi connectivity index (χ3n) is 4.17. The molecule has 5 nitrogen and oxygen atoms in total. The molecule has 2 aromatic rings. The van der Waals surface area contributed by atoms with Crippen LogP contribution in [0.1, 0.15) is 33.5 Å². The minimum atomic E-state index is -1.19. The van der Waals surface area contributed by atoms with E-state index in [4.69, 9.17) is 5.11 Å². The monoisotopic (exact) mass is 378 g/mol. The summed E-state index contributed by atoms with van der Waals surface area (Å²) in [5, 5.41) is 11.9. The number of carbonyl (C=O) groups is 2. The Labute approximate surface area is 161 Å². The number of ketones is 1. The highest BCUT2D eigenvalue weighted by atomic mass is 19.1. The first kappa shape index (κ1) is 19.2. The topological polar surface area (TPSA) is 78.8 Å². The van der Waals surface area contributed by atoms with Gasteiger partial charge < -0.3 is 10.4 Å². The number of nitrogens with one attached hydrogen (secondary N) is 1. The molecule has 0 spiro atoms. The predicted molar refractivity (Wildman–Crippen MR) is 107 cm³/mol. The Morgan fingerprint density at radius 2 is 1.96 bits per heavy atom. The van der Waals surface area contributed by atoms with Crippen molar-refractivity contribution in [3.8, 4) is 0 Å². The summed E-state index contributed by atoms with van der Waals surface area (Å²) >= 11 is 0. The van der Waals surface area contributed by atoms with E-state index in [0.29, 0.717) is 0 Å². The summed E-state index contributed by atoms with van der Waals surface area (Å²) in [7, 11) is 0. The summed E-state index contributed by atoms with van der Waals surface area (Å²) in [5.41, 5.74) is 2.12. The van der Waals surface area contributed by atoms with Crippen LogP contribution in [0, 0.1) is 5.82 Å². The number of nitrogens with zero attached hydrogens (tertiary/aromatic N) is 1. The second kappa shape index (κ2) is 8.90. The third kappa shape index (κ3) is 5.01. The molecule has 0 unspecified atom stereocenters. The van der Waals surface area contributed by atoms with Crippen molar-refractivity contribution in [2.24, 2.45) is 4.99 Å². The van der Waals surface area contributed by atoms with Gasteiger partial charge >= 0.3 is 5.97 Å². The molecule has 2 N–H and O–H groups in total. The molecular weight excluding hydrogens is 359 g/mol. The van der Waals surface area contributed by atoms with E-state index in [-0.39, 0.29) is 16.9 Å². The fraction of sp³-hybridized carbons (Fsp3) is 0.136. The fourth-order valence-electron chi connectivity index (χ4n) is 2.77. The number of rotatable bonds is 6. The molecule has 0 fully saturated rings. The number of carboxylic acid groups (broad SMARTS) is 1. The van der Waals surface area contributed by atoms with E-state index in [0.717, 1.165) is 54.7 Å². The van der Waals surface area contributed by atoms with Crippen LogP contribution < -0.4 is 5.32 Å². The minimum Gasteiger partial charge on any atom is -0.478 e. The molecule has 1 heterocycles. The van der Waals surface area contributed by atoms with Crippen molar-refractivity contribution in [2.75, 3.05) is 13.1 Å². The molecule has 2 aromatic carbocycles. The number of hydrogen-bond donors (Lipinski definition) is 2. The zero-order valence-electron chi connectivity index (χ0n) is 15.1. The van der Waals surface area contributed by atoms with Crippen LogP contribution in [0.5, 0.6) is 0 Å². The maximum Gasteiger partial charge on any atom is 0.328 e. The summed E-state index contributed by atoms with van der Waals surface area (Å²) in [6.45, 7) is 1.69. The first-order chi connectivity index (χ1) is 13.5. The van der Waals surface area contributed by atoms with E-state index in [9.17, 15) is 14.0 Å². The number of aliphatic imine (C=N–C) groups is 1. The van der Waals surface area contributed by atoms with Gasteiger partial charge in [-0.1, -0.05) is 24.3 Å². The van der Waals surface area contributed by atoms with Crippen LogP contribution in [0.4, 0.5) is 4.39 Å². The number of halogens is 1. The van der Waals surface area contributed by atoms with Crippen LogP contribution in [0.15, 0.2) is 59.6 Å². The zero-order valence-corrected chi connectivity index (χ0v) is 15.1. The Balaban J connectivity index is 1.78. The van der Waals surface area contributed by atoms with E-state index in [2.05, 4.69) is 10.3 Å². The van der Waals surface area contributed by atoms with Gasteiger partial charge in [-0.15, -0.1) is 0 Å². The highest BCUT2D eigenvalue weighted by molar-refractivity contribution is 6.07. The van der Waals surface area contributed by atoms with Gasteiger partial charge in [0.05, 0.1) is 0 Å². The Kier molecular flexibility index (Phi) is 6.11. The summed E-state index contributed by atoms with van der Waals surface area (Å²) < 4.78 is 13.8. The van der Waals surface area contributed by atoms with E-state index < -0.39 is 11.8 Å². The number of carboxylic acids is 1. The lowest BCUT2D eigenvalue weighted by molar-refractivity contribution is -0.131. The van der Waals surface area contributed by atoms with Crippen molar-refractivity contribution >= 4 is 29.7 Å². The van der Waals surface area contributed by atoms with Gasteiger partial charge in [-0.25, -0.2) is 9.18 Å². The zero-order chi connectivity index (χ0) is 19.9. The predicted octanol–water partition coefficient (Wildman–Crippen LogP) is 3.56. The lowest BCUT2D eigenvalue weighted by atomic mass is 10.0. The van der Waals surface area contributed by atoms with Crippen LogP contribution in [0.3, 0.4) is 0 Å². The second-order valence-electron chi connectivity index (χ2n) is 6.24. The molecule has 0 saturated heterocycles. The van der Waals surface area contributed by atoms with Gasteiger partial charge in [0.1, 0.15) is 11.7 Å². The molecule has 0 amide bonds. The molecule has 28 heavy (non-hydrogen) atoms. The average molecular weight is 378 g/mol. The number of carbonyl (C=O) groups excluding carboxylic acids is 1. The van der Waals surface area contributed by atoms with Crippen LogP contribution in [0.2, 0.25) is 0 Å². The Morgan fingerprint density at radius 1 is 1.11 bits per heavy atom. The van der Waals surface area contributed by atoms with Gasteiger partial charge in [-0.2, -0.15) is 0 Å². The quantitative estimate of drug-likeness (QED) is 0.595. The fourth-order valence-corrected chi connectivity index (χ4v) is 2.77. The van der Waals surface area contributed by atoms with Crippen molar-refractivity contribution < 1.29 is 19.1 Å². The van der Waals surface area contributed by atoms with Crippen molar-refractivity contribution in [1.82, 2.24) is 5.32 Å². The molecule has 0 atom stereocenters. The SMILES string of the molecule is O=C(O)C=Cc1cc(C(=O)C=Cc2cccc(C3=NCCCN3)c2)ccc1F. The van der Waals surface area contributed by atoms with Crippen LogP contribution in [-0.4, -0.2) is 35.8 Å². The van der Waals surface area contributed by atoms with Gasteiger partial charge in [0.15, 0.2) is 5.78 Å². The van der Waals surface area contributed by atoms with Crippen LogP contribution >= 0.6 is 0 Å². The van der Waals surface area contributed by atoms with E-state index in [1.54, 1.807) is 6.08 Å². The van der Waals surface area contributed by atoms with Gasteiger partial charge in [-0.3, -0.25) is 9.79 Å². The maximum absolute atomic E-state index is 13.8. The van der Waals surface area contributed by atoms with Crippen LogP contribution in [0.25, 0.3) is 12.2 Å². The van der Waals surface area contributed by atoms with Crippen molar-refractivity contribution in [1.29, 1.82) is 0 Å². The van der Waals surface area contributed by atoms with E-state index >= 15 is 0 Å². The standard InChI is InChI=1S/C22H19FN2O3/c23-19-8-6-17(14-16(19)7-10-21(27)28)20(26)9-5-15-3-1-4-18(13-15)22-24-11-2-12-25-22/h1,3-10,13-14H,2,11-12H2,(H,24,25)(H,27,28). The van der Waals surface area contributed by atoms with Gasteiger partial charge in [0.25, 0.3) is 0 Å². The largest absolute Gasteiger partial charge is 0.478 e. The van der Waals surface area contributed by atoms with Gasteiger partial charge in [0, 0.05) is 35.9 Å².